The molecule has 0 aromatic heterocycles. The molecule has 4 heteroatoms. The van der Waals surface area contributed by atoms with Crippen LogP contribution in [0.3, 0.4) is 0 Å². The second-order valence-corrected chi connectivity index (χ2v) is 9.63. The fourth-order valence-corrected chi connectivity index (χ4v) is 3.54. The molecule has 0 unspecified atom stereocenters. The van der Waals surface area contributed by atoms with Gasteiger partial charge in [0.1, 0.15) is 5.60 Å². The Labute approximate surface area is 148 Å². The van der Waals surface area contributed by atoms with Gasteiger partial charge in [0.25, 0.3) is 0 Å². The van der Waals surface area contributed by atoms with E-state index in [1.807, 2.05) is 20.8 Å². The summed E-state index contributed by atoms with van der Waals surface area (Å²) in [6.45, 7) is 14.7. The lowest BCUT2D eigenvalue weighted by atomic mass is 9.63. The van der Waals surface area contributed by atoms with E-state index < -0.39 is 11.7 Å². The molecular formula is C19H28BrNO2. The van der Waals surface area contributed by atoms with Crippen LogP contribution in [0.15, 0.2) is 16.6 Å². The minimum absolute atomic E-state index is 0.107. The van der Waals surface area contributed by atoms with E-state index in [-0.39, 0.29) is 10.8 Å². The van der Waals surface area contributed by atoms with E-state index >= 15 is 0 Å². The average Bonchev–Trinajstić information content (AvgIpc) is 2.35. The third-order valence-electron chi connectivity index (χ3n) is 4.58. The van der Waals surface area contributed by atoms with Gasteiger partial charge in [0.05, 0.1) is 5.69 Å². The average molecular weight is 382 g/mol. The summed E-state index contributed by atoms with van der Waals surface area (Å²) >= 11 is 3.60. The van der Waals surface area contributed by atoms with Crippen LogP contribution in [-0.4, -0.2) is 11.7 Å². The van der Waals surface area contributed by atoms with E-state index in [0.29, 0.717) is 0 Å². The third kappa shape index (κ3) is 4.09. The van der Waals surface area contributed by atoms with Crippen LogP contribution < -0.4 is 5.32 Å². The molecule has 1 aliphatic rings. The maximum absolute atomic E-state index is 12.1. The topological polar surface area (TPSA) is 38.3 Å². The lowest BCUT2D eigenvalue weighted by molar-refractivity contribution is 0.0636. The summed E-state index contributed by atoms with van der Waals surface area (Å²) in [4.78, 5) is 12.1. The Kier molecular flexibility index (Phi) is 4.62. The second-order valence-electron chi connectivity index (χ2n) is 8.77. The largest absolute Gasteiger partial charge is 0.444 e. The fourth-order valence-electron chi connectivity index (χ4n) is 3.10. The van der Waals surface area contributed by atoms with Crippen LogP contribution in [0.2, 0.25) is 0 Å². The van der Waals surface area contributed by atoms with E-state index in [1.54, 1.807) is 0 Å². The van der Waals surface area contributed by atoms with Gasteiger partial charge in [-0.2, -0.15) is 0 Å². The molecule has 1 N–H and O–H groups in total. The van der Waals surface area contributed by atoms with E-state index in [2.05, 4.69) is 61.1 Å². The third-order valence-corrected chi connectivity index (χ3v) is 5.23. The molecule has 128 valence electrons. The van der Waals surface area contributed by atoms with Crippen LogP contribution in [0.25, 0.3) is 0 Å². The zero-order valence-electron chi connectivity index (χ0n) is 15.3. The lowest BCUT2D eigenvalue weighted by Gasteiger charge is -2.42. The number of benzene rings is 1. The molecule has 0 atom stereocenters. The van der Waals surface area contributed by atoms with Gasteiger partial charge in [-0.1, -0.05) is 27.7 Å². The van der Waals surface area contributed by atoms with Crippen molar-refractivity contribution in [3.8, 4) is 0 Å². The Morgan fingerprint density at radius 2 is 1.57 bits per heavy atom. The first-order valence-corrected chi connectivity index (χ1v) is 8.96. The molecule has 2 rings (SSSR count). The molecule has 0 bridgehead atoms. The molecule has 1 aliphatic carbocycles. The van der Waals surface area contributed by atoms with E-state index in [4.69, 9.17) is 4.74 Å². The number of ether oxygens (including phenoxy) is 1. The Bertz CT molecular complexity index is 627. The second kappa shape index (κ2) is 5.80. The molecule has 0 radical (unpaired) electrons. The Morgan fingerprint density at radius 1 is 1.09 bits per heavy atom. The quantitative estimate of drug-likeness (QED) is 0.633. The molecule has 1 aromatic carbocycles. The van der Waals surface area contributed by atoms with Crippen molar-refractivity contribution in [1.29, 1.82) is 0 Å². The lowest BCUT2D eigenvalue weighted by Crippen LogP contribution is -2.34. The first kappa shape index (κ1) is 18.3. The van der Waals surface area contributed by atoms with Crippen LogP contribution in [-0.2, 0) is 15.6 Å². The van der Waals surface area contributed by atoms with Crippen LogP contribution in [0, 0.1) is 0 Å². The molecule has 1 aromatic rings. The predicted molar refractivity (Wildman–Crippen MR) is 99.3 cm³/mol. The van der Waals surface area contributed by atoms with Gasteiger partial charge in [0.15, 0.2) is 0 Å². The molecule has 0 saturated carbocycles. The molecule has 0 spiro atoms. The summed E-state index contributed by atoms with van der Waals surface area (Å²) in [5.41, 5.74) is 3.18. The maximum Gasteiger partial charge on any atom is 0.412 e. The first-order chi connectivity index (χ1) is 10.3. The molecule has 1 amide bonds. The summed E-state index contributed by atoms with van der Waals surface area (Å²) in [6.07, 6.45) is 1.88. The number of anilines is 1. The Morgan fingerprint density at radius 3 is 2.04 bits per heavy atom. The summed E-state index contributed by atoms with van der Waals surface area (Å²) < 4.78 is 6.26. The number of rotatable bonds is 1. The number of fused-ring (bicyclic) bond motifs is 1. The molecule has 23 heavy (non-hydrogen) atoms. The predicted octanol–water partition coefficient (Wildman–Crippen LogP) is 6.15. The zero-order chi connectivity index (χ0) is 17.6. The van der Waals surface area contributed by atoms with Crippen molar-refractivity contribution in [2.24, 2.45) is 0 Å². The van der Waals surface area contributed by atoms with Crippen molar-refractivity contribution in [2.45, 2.75) is 77.7 Å². The van der Waals surface area contributed by atoms with Gasteiger partial charge in [-0.25, -0.2) is 4.79 Å². The number of amides is 1. The molecule has 3 nitrogen and oxygen atoms in total. The Hall–Kier alpha value is -1.03. The number of nitrogens with one attached hydrogen (secondary N) is 1. The molecule has 0 aliphatic heterocycles. The highest BCUT2D eigenvalue weighted by Crippen LogP contribution is 2.48. The van der Waals surface area contributed by atoms with Gasteiger partial charge in [-0.05, 0) is 83.6 Å². The zero-order valence-corrected chi connectivity index (χ0v) is 16.8. The number of hydrogen-bond acceptors (Lipinski definition) is 2. The smallest absolute Gasteiger partial charge is 0.412 e. The van der Waals surface area contributed by atoms with Crippen LogP contribution in [0.1, 0.15) is 72.4 Å². The highest BCUT2D eigenvalue weighted by molar-refractivity contribution is 9.10. The van der Waals surface area contributed by atoms with E-state index in [0.717, 1.165) is 23.0 Å². The van der Waals surface area contributed by atoms with Gasteiger partial charge in [0.2, 0.25) is 0 Å². The van der Waals surface area contributed by atoms with Crippen molar-refractivity contribution < 1.29 is 9.53 Å². The standard InChI is InChI=1S/C19H28BrNO2/c1-17(2,3)23-16(22)21-15-11-13-12(10-14(15)20)18(4,5)8-9-19(13,6)7/h10-11H,8-9H2,1-7H3,(H,21,22). The number of carbonyl (C=O) groups is 1. The molecular weight excluding hydrogens is 354 g/mol. The summed E-state index contributed by atoms with van der Waals surface area (Å²) in [5.74, 6) is 0. The normalized spacial score (nSPS) is 19.0. The van der Waals surface area contributed by atoms with Crippen LogP contribution >= 0.6 is 15.9 Å². The van der Waals surface area contributed by atoms with Crippen LogP contribution in [0.5, 0.6) is 0 Å². The van der Waals surface area contributed by atoms with Gasteiger partial charge in [0, 0.05) is 4.47 Å². The van der Waals surface area contributed by atoms with Crippen molar-refractivity contribution >= 4 is 27.7 Å². The van der Waals surface area contributed by atoms with E-state index in [9.17, 15) is 4.79 Å². The minimum Gasteiger partial charge on any atom is -0.444 e. The highest BCUT2D eigenvalue weighted by atomic mass is 79.9. The number of halogens is 1. The fraction of sp³-hybridized carbons (Fsp3) is 0.632. The van der Waals surface area contributed by atoms with Crippen molar-refractivity contribution in [1.82, 2.24) is 0 Å². The number of hydrogen-bond donors (Lipinski definition) is 1. The first-order valence-electron chi connectivity index (χ1n) is 8.16. The van der Waals surface area contributed by atoms with Gasteiger partial charge in [-0.15, -0.1) is 0 Å². The van der Waals surface area contributed by atoms with Gasteiger partial charge >= 0.3 is 6.09 Å². The highest BCUT2D eigenvalue weighted by Gasteiger charge is 2.37. The summed E-state index contributed by atoms with van der Waals surface area (Å²) in [7, 11) is 0. The van der Waals surface area contributed by atoms with Crippen molar-refractivity contribution in [3.63, 3.8) is 0 Å². The van der Waals surface area contributed by atoms with Crippen LogP contribution in [0.4, 0.5) is 10.5 Å². The monoisotopic (exact) mass is 381 g/mol. The van der Waals surface area contributed by atoms with Gasteiger partial charge < -0.3 is 4.74 Å². The van der Waals surface area contributed by atoms with Gasteiger partial charge in [-0.3, -0.25) is 5.32 Å². The molecule has 0 saturated heterocycles. The maximum atomic E-state index is 12.1. The molecule has 0 heterocycles. The SMILES string of the molecule is CC(C)(C)OC(=O)Nc1cc2c(cc1Br)C(C)(C)CCC2(C)C. The van der Waals surface area contributed by atoms with E-state index in [1.165, 1.54) is 11.1 Å². The van der Waals surface area contributed by atoms with Crippen molar-refractivity contribution in [2.75, 3.05) is 5.32 Å². The minimum atomic E-state index is -0.508. The molecule has 0 fully saturated rings. The summed E-state index contributed by atoms with van der Waals surface area (Å²) in [5, 5.41) is 2.87. The number of carbonyl (C=O) groups excluding carboxylic acids is 1. The van der Waals surface area contributed by atoms with Crippen molar-refractivity contribution in [3.05, 3.63) is 27.7 Å². The summed E-state index contributed by atoms with van der Waals surface area (Å²) in [6, 6.07) is 4.26. The Balaban J connectivity index is 2.39.